The van der Waals surface area contributed by atoms with Crippen LogP contribution in [0.3, 0.4) is 0 Å². The van der Waals surface area contributed by atoms with Crippen LogP contribution in [0.1, 0.15) is 25.1 Å². The molecule has 0 radical (unpaired) electrons. The van der Waals surface area contributed by atoms with Crippen LogP contribution in [0.25, 0.3) is 0 Å². The Morgan fingerprint density at radius 3 is 2.71 bits per heavy atom. The molecule has 0 amide bonds. The minimum Gasteiger partial charge on any atom is -0.311 e. The number of aryl methyl sites for hydroxylation is 1. The van der Waals surface area contributed by atoms with E-state index in [2.05, 4.69) is 49.1 Å². The van der Waals surface area contributed by atoms with Gasteiger partial charge in [-0.1, -0.05) is 6.07 Å². The molecule has 1 aromatic rings. The second kappa shape index (κ2) is 8.45. The lowest BCUT2D eigenvalue weighted by Crippen LogP contribution is -2.33. The van der Waals surface area contributed by atoms with Gasteiger partial charge in [0.25, 0.3) is 0 Å². The molecule has 98 valence electrons. The maximum Gasteiger partial charge on any atom is 0.0417 e. The molecule has 3 nitrogen and oxygen atoms in total. The molecular formula is C13H24ClN3. The van der Waals surface area contributed by atoms with Crippen molar-refractivity contribution in [3.63, 3.8) is 0 Å². The Morgan fingerprint density at radius 1 is 1.41 bits per heavy atom. The highest BCUT2D eigenvalue weighted by atomic mass is 35.5. The number of pyridine rings is 1. The van der Waals surface area contributed by atoms with Gasteiger partial charge in [-0.3, -0.25) is 4.98 Å². The van der Waals surface area contributed by atoms with Crippen molar-refractivity contribution >= 4 is 12.4 Å². The largest absolute Gasteiger partial charge is 0.311 e. The maximum absolute atomic E-state index is 4.27. The molecule has 4 heteroatoms. The lowest BCUT2D eigenvalue weighted by Gasteiger charge is -2.21. The first kappa shape index (κ1) is 16.4. The summed E-state index contributed by atoms with van der Waals surface area (Å²) in [6.07, 6.45) is 1.84. The molecule has 1 aromatic heterocycles. The Bertz CT molecular complexity index is 315. The molecule has 1 N–H and O–H groups in total. The number of nitrogens with one attached hydrogen (secondary N) is 1. The smallest absolute Gasteiger partial charge is 0.0417 e. The summed E-state index contributed by atoms with van der Waals surface area (Å²) in [4.78, 5) is 6.61. The molecule has 0 saturated carbocycles. The van der Waals surface area contributed by atoms with E-state index < -0.39 is 0 Å². The van der Waals surface area contributed by atoms with Crippen molar-refractivity contribution in [3.8, 4) is 0 Å². The predicted molar refractivity (Wildman–Crippen MR) is 75.7 cm³/mol. The third-order valence-electron chi connectivity index (χ3n) is 2.95. The van der Waals surface area contributed by atoms with Crippen LogP contribution in [0.2, 0.25) is 0 Å². The molecule has 1 rings (SSSR count). The predicted octanol–water partition coefficient (Wildman–Crippen LogP) is 2.24. The number of likely N-dealkylation sites (N-methyl/N-ethyl adjacent to an activating group) is 1. The van der Waals surface area contributed by atoms with Gasteiger partial charge < -0.3 is 10.2 Å². The number of hydrogen-bond donors (Lipinski definition) is 1. The van der Waals surface area contributed by atoms with E-state index in [0.29, 0.717) is 6.04 Å². The fourth-order valence-electron chi connectivity index (χ4n) is 1.44. The highest BCUT2D eigenvalue weighted by Gasteiger charge is 2.02. The van der Waals surface area contributed by atoms with Gasteiger partial charge in [0.1, 0.15) is 0 Å². The zero-order valence-electron chi connectivity index (χ0n) is 11.2. The third kappa shape index (κ3) is 6.01. The highest BCUT2D eigenvalue weighted by Crippen LogP contribution is 2.02. The first-order chi connectivity index (χ1) is 7.61. The zero-order valence-corrected chi connectivity index (χ0v) is 12.0. The van der Waals surface area contributed by atoms with Gasteiger partial charge in [0.15, 0.2) is 0 Å². The standard InChI is InChI=1S/C13H23N3.ClH/c1-11(2)16(4)9-8-14-10-13-6-5-7-15-12(13)3;/h5-7,11,14H,8-10H2,1-4H3;1H. The summed E-state index contributed by atoms with van der Waals surface area (Å²) >= 11 is 0. The maximum atomic E-state index is 4.27. The average molecular weight is 258 g/mol. The topological polar surface area (TPSA) is 28.2 Å². The Hall–Kier alpha value is -0.640. The third-order valence-corrected chi connectivity index (χ3v) is 2.95. The zero-order chi connectivity index (χ0) is 12.0. The van der Waals surface area contributed by atoms with Crippen LogP contribution in [0.15, 0.2) is 18.3 Å². The molecule has 0 aliphatic carbocycles. The van der Waals surface area contributed by atoms with E-state index in [-0.39, 0.29) is 12.4 Å². The molecule has 0 aliphatic heterocycles. The molecule has 0 unspecified atom stereocenters. The lowest BCUT2D eigenvalue weighted by molar-refractivity contribution is 0.273. The minimum absolute atomic E-state index is 0. The molecular weight excluding hydrogens is 234 g/mol. The van der Waals surface area contributed by atoms with Crippen LogP contribution < -0.4 is 5.32 Å². The molecule has 0 saturated heterocycles. The van der Waals surface area contributed by atoms with Crippen molar-refractivity contribution in [2.75, 3.05) is 20.1 Å². The van der Waals surface area contributed by atoms with Gasteiger partial charge in [0, 0.05) is 37.6 Å². The van der Waals surface area contributed by atoms with Gasteiger partial charge in [-0.25, -0.2) is 0 Å². The van der Waals surface area contributed by atoms with Crippen LogP contribution >= 0.6 is 12.4 Å². The molecule has 1 heterocycles. The molecule has 0 spiro atoms. The van der Waals surface area contributed by atoms with Crippen molar-refractivity contribution in [3.05, 3.63) is 29.6 Å². The Balaban J connectivity index is 0.00000256. The van der Waals surface area contributed by atoms with Crippen molar-refractivity contribution in [1.82, 2.24) is 15.2 Å². The van der Waals surface area contributed by atoms with Crippen molar-refractivity contribution < 1.29 is 0 Å². The second-order valence-corrected chi connectivity index (χ2v) is 4.50. The summed E-state index contributed by atoms with van der Waals surface area (Å²) in [6, 6.07) is 4.73. The van der Waals surface area contributed by atoms with Crippen LogP contribution in [-0.2, 0) is 6.54 Å². The van der Waals surface area contributed by atoms with E-state index in [1.165, 1.54) is 5.56 Å². The van der Waals surface area contributed by atoms with Gasteiger partial charge >= 0.3 is 0 Å². The van der Waals surface area contributed by atoms with Gasteiger partial charge in [0.05, 0.1) is 0 Å². The number of nitrogens with zero attached hydrogens (tertiary/aromatic N) is 2. The first-order valence-electron chi connectivity index (χ1n) is 5.92. The number of halogens is 1. The summed E-state index contributed by atoms with van der Waals surface area (Å²) in [7, 11) is 2.15. The fourth-order valence-corrected chi connectivity index (χ4v) is 1.44. The van der Waals surface area contributed by atoms with Crippen molar-refractivity contribution in [2.45, 2.75) is 33.4 Å². The minimum atomic E-state index is 0. The average Bonchev–Trinajstić information content (AvgIpc) is 2.26. The number of rotatable bonds is 6. The molecule has 0 aliphatic rings. The van der Waals surface area contributed by atoms with E-state index in [1.54, 1.807) is 0 Å². The van der Waals surface area contributed by atoms with E-state index >= 15 is 0 Å². The quantitative estimate of drug-likeness (QED) is 0.793. The lowest BCUT2D eigenvalue weighted by atomic mass is 10.2. The van der Waals surface area contributed by atoms with Gasteiger partial charge in [0.2, 0.25) is 0 Å². The molecule has 17 heavy (non-hydrogen) atoms. The van der Waals surface area contributed by atoms with E-state index in [4.69, 9.17) is 0 Å². The summed E-state index contributed by atoms with van der Waals surface area (Å²) < 4.78 is 0. The summed E-state index contributed by atoms with van der Waals surface area (Å²) in [5, 5.41) is 3.45. The molecule has 0 atom stereocenters. The second-order valence-electron chi connectivity index (χ2n) is 4.50. The monoisotopic (exact) mass is 257 g/mol. The molecule has 0 bridgehead atoms. The van der Waals surface area contributed by atoms with E-state index in [0.717, 1.165) is 25.3 Å². The Labute approximate surface area is 111 Å². The molecule has 0 fully saturated rings. The Kier molecular flexibility index (Phi) is 8.13. The summed E-state index contributed by atoms with van der Waals surface area (Å²) in [6.45, 7) is 9.49. The summed E-state index contributed by atoms with van der Waals surface area (Å²) in [5.74, 6) is 0. The summed E-state index contributed by atoms with van der Waals surface area (Å²) in [5.41, 5.74) is 2.40. The van der Waals surface area contributed by atoms with Crippen molar-refractivity contribution in [1.29, 1.82) is 0 Å². The molecule has 0 aromatic carbocycles. The van der Waals surface area contributed by atoms with E-state index in [9.17, 15) is 0 Å². The van der Waals surface area contributed by atoms with Crippen LogP contribution in [-0.4, -0.2) is 36.1 Å². The highest BCUT2D eigenvalue weighted by molar-refractivity contribution is 5.85. The van der Waals surface area contributed by atoms with Gasteiger partial charge in [-0.05, 0) is 39.4 Å². The van der Waals surface area contributed by atoms with Crippen molar-refractivity contribution in [2.24, 2.45) is 0 Å². The normalized spacial score (nSPS) is 10.7. The van der Waals surface area contributed by atoms with E-state index in [1.807, 2.05) is 12.3 Å². The first-order valence-corrected chi connectivity index (χ1v) is 5.92. The SMILES string of the molecule is Cc1ncccc1CNCCN(C)C(C)C.Cl. The number of aromatic nitrogens is 1. The van der Waals surface area contributed by atoms with Crippen LogP contribution in [0, 0.1) is 6.92 Å². The Morgan fingerprint density at radius 2 is 2.12 bits per heavy atom. The van der Waals surface area contributed by atoms with Crippen LogP contribution in [0.5, 0.6) is 0 Å². The van der Waals surface area contributed by atoms with Gasteiger partial charge in [-0.15, -0.1) is 12.4 Å². The number of hydrogen-bond acceptors (Lipinski definition) is 3. The fraction of sp³-hybridized carbons (Fsp3) is 0.615. The van der Waals surface area contributed by atoms with Crippen LogP contribution in [0.4, 0.5) is 0 Å². The van der Waals surface area contributed by atoms with Gasteiger partial charge in [-0.2, -0.15) is 0 Å².